The summed E-state index contributed by atoms with van der Waals surface area (Å²) in [6, 6.07) is 4.80. The van der Waals surface area contributed by atoms with Gasteiger partial charge in [-0.15, -0.1) is 13.2 Å². The Morgan fingerprint density at radius 1 is 1.22 bits per heavy atom. The molecule has 0 saturated carbocycles. The quantitative estimate of drug-likeness (QED) is 0.779. The maximum absolute atomic E-state index is 12.2. The zero-order chi connectivity index (χ0) is 13.3. The van der Waals surface area contributed by atoms with Gasteiger partial charge in [-0.05, 0) is 36.6 Å². The summed E-state index contributed by atoms with van der Waals surface area (Å²) in [5, 5.41) is 0. The largest absolute Gasteiger partial charge is 0.573 e. The average Bonchev–Trinajstić information content (AvgIpc) is 2.66. The van der Waals surface area contributed by atoms with E-state index >= 15 is 0 Å². The van der Waals surface area contributed by atoms with E-state index < -0.39 is 6.36 Å². The van der Waals surface area contributed by atoms with Crippen LogP contribution in [0.5, 0.6) is 5.75 Å². The van der Waals surface area contributed by atoms with Crippen LogP contribution in [0.2, 0.25) is 0 Å². The number of allylic oxidation sites excluding steroid dienone is 1. The molecule has 1 aromatic carbocycles. The molecule has 1 aliphatic heterocycles. The molecule has 0 aromatic heterocycles. The predicted molar refractivity (Wildman–Crippen MR) is 63.6 cm³/mol. The van der Waals surface area contributed by atoms with Gasteiger partial charge in [0.05, 0.1) is 0 Å². The van der Waals surface area contributed by atoms with Crippen molar-refractivity contribution >= 4 is 11.3 Å². The fourth-order valence-corrected chi connectivity index (χ4v) is 1.77. The minimum atomic E-state index is -4.67. The second-order valence-corrected chi connectivity index (χ2v) is 4.22. The van der Waals surface area contributed by atoms with E-state index in [2.05, 4.69) is 9.73 Å². The number of halogens is 3. The monoisotopic (exact) mass is 255 g/mol. The summed E-state index contributed by atoms with van der Waals surface area (Å²) in [4.78, 5) is 4.11. The van der Waals surface area contributed by atoms with Crippen molar-refractivity contribution in [3.63, 3.8) is 0 Å². The summed E-state index contributed by atoms with van der Waals surface area (Å²) in [5.74, 6) is -0.162. The van der Waals surface area contributed by atoms with Gasteiger partial charge in [0.1, 0.15) is 5.75 Å². The lowest BCUT2D eigenvalue weighted by Gasteiger charge is -2.13. The summed E-state index contributed by atoms with van der Waals surface area (Å²) >= 11 is 0. The Labute approximate surface area is 103 Å². The van der Waals surface area contributed by atoms with Gasteiger partial charge < -0.3 is 4.74 Å². The van der Waals surface area contributed by atoms with Crippen LogP contribution in [0.3, 0.4) is 0 Å². The van der Waals surface area contributed by atoms with Crippen molar-refractivity contribution in [2.75, 3.05) is 0 Å². The third-order valence-electron chi connectivity index (χ3n) is 2.67. The maximum atomic E-state index is 12.2. The number of nitrogens with zero attached hydrogens (tertiary/aromatic N) is 1. The molecule has 18 heavy (non-hydrogen) atoms. The highest BCUT2D eigenvalue weighted by molar-refractivity contribution is 5.96. The van der Waals surface area contributed by atoms with Crippen molar-refractivity contribution < 1.29 is 17.9 Å². The van der Waals surface area contributed by atoms with E-state index in [0.29, 0.717) is 17.5 Å². The standard InChI is InChI=1S/C13H12F3NO/c1-8-3-4-10(11-5-9(2)17-7-11)6-12(8)18-13(14,15)16/h3-4,6-7H,5H2,1-2H3. The van der Waals surface area contributed by atoms with E-state index in [4.69, 9.17) is 0 Å². The van der Waals surface area contributed by atoms with Crippen LogP contribution in [-0.2, 0) is 0 Å². The Bertz CT molecular complexity index is 530. The molecular formula is C13H12F3NO. The highest BCUT2D eigenvalue weighted by atomic mass is 19.4. The van der Waals surface area contributed by atoms with E-state index in [0.717, 1.165) is 11.3 Å². The van der Waals surface area contributed by atoms with Gasteiger partial charge in [-0.25, -0.2) is 0 Å². The van der Waals surface area contributed by atoms with Crippen LogP contribution in [0.25, 0.3) is 5.57 Å². The van der Waals surface area contributed by atoms with Gasteiger partial charge in [-0.2, -0.15) is 0 Å². The lowest BCUT2D eigenvalue weighted by Crippen LogP contribution is -2.17. The number of benzene rings is 1. The second kappa shape index (κ2) is 4.48. The first-order chi connectivity index (χ1) is 8.35. The van der Waals surface area contributed by atoms with Gasteiger partial charge in [0.2, 0.25) is 0 Å². The predicted octanol–water partition coefficient (Wildman–Crippen LogP) is 4.10. The van der Waals surface area contributed by atoms with Crippen LogP contribution < -0.4 is 4.74 Å². The molecule has 0 saturated heterocycles. The Kier molecular flexibility index (Phi) is 3.15. The minimum Gasteiger partial charge on any atom is -0.405 e. The van der Waals surface area contributed by atoms with Crippen LogP contribution in [0.1, 0.15) is 24.5 Å². The molecule has 5 heteroatoms. The van der Waals surface area contributed by atoms with Crippen LogP contribution >= 0.6 is 0 Å². The molecule has 2 rings (SSSR count). The Morgan fingerprint density at radius 2 is 1.94 bits per heavy atom. The summed E-state index contributed by atoms with van der Waals surface area (Å²) in [5.41, 5.74) is 3.01. The maximum Gasteiger partial charge on any atom is 0.573 e. The summed E-state index contributed by atoms with van der Waals surface area (Å²) in [7, 11) is 0. The summed E-state index contributed by atoms with van der Waals surface area (Å²) in [6.07, 6.45) is -2.33. The molecular weight excluding hydrogens is 243 g/mol. The van der Waals surface area contributed by atoms with Gasteiger partial charge in [0, 0.05) is 18.3 Å². The first-order valence-corrected chi connectivity index (χ1v) is 5.44. The molecule has 1 heterocycles. The van der Waals surface area contributed by atoms with Crippen molar-refractivity contribution in [3.05, 3.63) is 35.5 Å². The second-order valence-electron chi connectivity index (χ2n) is 4.22. The number of alkyl halides is 3. The summed E-state index contributed by atoms with van der Waals surface area (Å²) < 4.78 is 40.7. The molecule has 1 aromatic rings. The van der Waals surface area contributed by atoms with Crippen LogP contribution in [0.4, 0.5) is 13.2 Å². The highest BCUT2D eigenvalue weighted by Gasteiger charge is 2.31. The normalized spacial score (nSPS) is 15.4. The number of hydrogen-bond acceptors (Lipinski definition) is 2. The number of aliphatic imine (C=N–C) groups is 1. The molecule has 1 aliphatic rings. The fourth-order valence-electron chi connectivity index (χ4n) is 1.77. The van der Waals surface area contributed by atoms with Gasteiger partial charge >= 0.3 is 6.36 Å². The molecule has 0 aliphatic carbocycles. The van der Waals surface area contributed by atoms with E-state index in [9.17, 15) is 13.2 Å². The van der Waals surface area contributed by atoms with Crippen LogP contribution in [-0.4, -0.2) is 12.1 Å². The van der Waals surface area contributed by atoms with E-state index in [1.165, 1.54) is 6.07 Å². The molecule has 0 radical (unpaired) electrons. The first-order valence-electron chi connectivity index (χ1n) is 5.44. The van der Waals surface area contributed by atoms with Crippen molar-refractivity contribution in [1.29, 1.82) is 0 Å². The number of ether oxygens (including phenoxy) is 1. The number of hydrogen-bond donors (Lipinski definition) is 0. The Hall–Kier alpha value is -1.78. The lowest BCUT2D eigenvalue weighted by atomic mass is 10.0. The Morgan fingerprint density at radius 3 is 2.50 bits per heavy atom. The van der Waals surface area contributed by atoms with Gasteiger partial charge in [0.25, 0.3) is 0 Å². The minimum absolute atomic E-state index is 0.162. The summed E-state index contributed by atoms with van der Waals surface area (Å²) in [6.45, 7) is 3.46. The fraction of sp³-hybridized carbons (Fsp3) is 0.308. The topological polar surface area (TPSA) is 21.6 Å². The lowest BCUT2D eigenvalue weighted by molar-refractivity contribution is -0.274. The molecule has 0 atom stereocenters. The van der Waals surface area contributed by atoms with E-state index in [1.807, 2.05) is 6.92 Å². The van der Waals surface area contributed by atoms with Crippen LogP contribution in [0, 0.1) is 6.92 Å². The Balaban J connectivity index is 2.27. The van der Waals surface area contributed by atoms with Crippen molar-refractivity contribution in [1.82, 2.24) is 0 Å². The first kappa shape index (κ1) is 12.7. The zero-order valence-electron chi connectivity index (χ0n) is 10.0. The number of rotatable bonds is 2. The zero-order valence-corrected chi connectivity index (χ0v) is 10.0. The molecule has 0 fully saturated rings. The van der Waals surface area contributed by atoms with E-state index in [1.54, 1.807) is 25.3 Å². The molecule has 0 bridgehead atoms. The van der Waals surface area contributed by atoms with Crippen molar-refractivity contribution in [2.24, 2.45) is 4.99 Å². The number of aryl methyl sites for hydroxylation is 1. The average molecular weight is 255 g/mol. The molecule has 0 amide bonds. The molecule has 0 spiro atoms. The van der Waals surface area contributed by atoms with E-state index in [-0.39, 0.29) is 5.75 Å². The van der Waals surface area contributed by atoms with Crippen molar-refractivity contribution in [3.8, 4) is 5.75 Å². The molecule has 0 unspecified atom stereocenters. The SMILES string of the molecule is CC1=NC=C(c2ccc(C)c(OC(F)(F)F)c2)C1. The molecule has 2 nitrogen and oxygen atoms in total. The third kappa shape index (κ3) is 2.91. The smallest absolute Gasteiger partial charge is 0.405 e. The molecule has 96 valence electrons. The van der Waals surface area contributed by atoms with Gasteiger partial charge in [0.15, 0.2) is 0 Å². The molecule has 0 N–H and O–H groups in total. The van der Waals surface area contributed by atoms with Crippen LogP contribution in [0.15, 0.2) is 29.4 Å². The third-order valence-corrected chi connectivity index (χ3v) is 2.67. The van der Waals surface area contributed by atoms with Crippen molar-refractivity contribution in [2.45, 2.75) is 26.6 Å². The highest BCUT2D eigenvalue weighted by Crippen LogP contribution is 2.31. The van der Waals surface area contributed by atoms with Gasteiger partial charge in [-0.1, -0.05) is 12.1 Å². The van der Waals surface area contributed by atoms with Gasteiger partial charge in [-0.3, -0.25) is 4.99 Å².